The van der Waals surface area contributed by atoms with Crippen LogP contribution in [0.2, 0.25) is 0 Å². The van der Waals surface area contributed by atoms with Gasteiger partial charge in [0.05, 0.1) is 0 Å². The molecule has 2 rings (SSSR count). The van der Waals surface area contributed by atoms with E-state index in [4.69, 9.17) is 0 Å². The van der Waals surface area contributed by atoms with E-state index in [0.29, 0.717) is 17.1 Å². The van der Waals surface area contributed by atoms with E-state index in [1.807, 2.05) is 4.90 Å². The fourth-order valence-electron chi connectivity index (χ4n) is 2.32. The van der Waals surface area contributed by atoms with E-state index in [1.165, 1.54) is 11.3 Å². The lowest BCUT2D eigenvalue weighted by atomic mass is 10.1. The van der Waals surface area contributed by atoms with Crippen molar-refractivity contribution >= 4 is 22.4 Å². The number of carbonyl (C=O) groups excluding carboxylic acids is 1. The third kappa shape index (κ3) is 3.27. The lowest BCUT2D eigenvalue weighted by Gasteiger charge is -2.42. The highest BCUT2D eigenvalue weighted by molar-refractivity contribution is 7.17. The van der Waals surface area contributed by atoms with Gasteiger partial charge >= 0.3 is 0 Å². The Morgan fingerprint density at radius 2 is 2.00 bits per heavy atom. The van der Waals surface area contributed by atoms with Gasteiger partial charge in [-0.2, -0.15) is 0 Å². The first-order valence-electron chi connectivity index (χ1n) is 7.11. The van der Waals surface area contributed by atoms with Gasteiger partial charge in [0.15, 0.2) is 0 Å². The zero-order valence-corrected chi connectivity index (χ0v) is 13.4. The Balaban J connectivity index is 2.02. The molecular weight excluding hydrogens is 274 g/mol. The molecule has 1 amide bonds. The number of hydrogen-bond acceptors (Lipinski definition) is 6. The molecule has 0 bridgehead atoms. The summed E-state index contributed by atoms with van der Waals surface area (Å²) < 4.78 is 0. The van der Waals surface area contributed by atoms with Gasteiger partial charge in [-0.3, -0.25) is 9.69 Å². The Kier molecular flexibility index (Phi) is 4.93. The van der Waals surface area contributed by atoms with Crippen molar-refractivity contribution in [3.05, 3.63) is 5.01 Å². The first-order chi connectivity index (χ1) is 9.52. The third-order valence-electron chi connectivity index (χ3n) is 3.78. The summed E-state index contributed by atoms with van der Waals surface area (Å²) in [6.45, 7) is 8.72. The van der Waals surface area contributed by atoms with Crippen molar-refractivity contribution in [2.45, 2.75) is 39.3 Å². The first kappa shape index (κ1) is 15.2. The lowest BCUT2D eigenvalue weighted by Crippen LogP contribution is -2.56. The standard InChI is InChI=1S/C13H23N5OS/c1-5-6-14-13-16-15-11(20-13)12(19)18-7-9(2)17(4)10(3)8-18/h9-10H,5-8H2,1-4H3,(H,14,16). The molecule has 0 aromatic carbocycles. The highest BCUT2D eigenvalue weighted by Crippen LogP contribution is 2.20. The van der Waals surface area contributed by atoms with Crippen molar-refractivity contribution in [1.29, 1.82) is 0 Å². The number of aromatic nitrogens is 2. The quantitative estimate of drug-likeness (QED) is 0.913. The number of carbonyl (C=O) groups is 1. The molecule has 7 heteroatoms. The summed E-state index contributed by atoms with van der Waals surface area (Å²) in [5, 5.41) is 12.4. The van der Waals surface area contributed by atoms with Crippen LogP contribution in [-0.2, 0) is 0 Å². The summed E-state index contributed by atoms with van der Waals surface area (Å²) in [6, 6.07) is 0.738. The molecule has 2 unspecified atom stereocenters. The second kappa shape index (κ2) is 6.49. The maximum atomic E-state index is 12.5. The Bertz CT molecular complexity index is 451. The summed E-state index contributed by atoms with van der Waals surface area (Å²) in [7, 11) is 2.11. The molecule has 1 aromatic rings. The van der Waals surface area contributed by atoms with Crippen molar-refractivity contribution < 1.29 is 4.79 Å². The average Bonchev–Trinajstić information content (AvgIpc) is 2.90. The van der Waals surface area contributed by atoms with Crippen LogP contribution in [0, 0.1) is 0 Å². The summed E-state index contributed by atoms with van der Waals surface area (Å²) in [4.78, 5) is 16.7. The summed E-state index contributed by atoms with van der Waals surface area (Å²) in [5.74, 6) is -0.00107. The van der Waals surface area contributed by atoms with Crippen molar-refractivity contribution in [1.82, 2.24) is 20.0 Å². The van der Waals surface area contributed by atoms with Crippen LogP contribution in [0.25, 0.3) is 0 Å². The van der Waals surface area contributed by atoms with Gasteiger partial charge in [-0.15, -0.1) is 10.2 Å². The van der Waals surface area contributed by atoms with Gasteiger partial charge in [-0.05, 0) is 27.3 Å². The Labute approximate surface area is 124 Å². The van der Waals surface area contributed by atoms with Crippen molar-refractivity contribution in [2.24, 2.45) is 0 Å². The summed E-state index contributed by atoms with van der Waals surface area (Å²) >= 11 is 1.34. The molecule has 20 heavy (non-hydrogen) atoms. The van der Waals surface area contributed by atoms with E-state index in [0.717, 1.165) is 31.2 Å². The van der Waals surface area contributed by atoms with Crippen LogP contribution in [0.3, 0.4) is 0 Å². The van der Waals surface area contributed by atoms with Crippen molar-refractivity contribution in [3.8, 4) is 0 Å². The molecule has 1 aromatic heterocycles. The number of rotatable bonds is 4. The van der Waals surface area contributed by atoms with Gasteiger partial charge in [-0.25, -0.2) is 0 Å². The highest BCUT2D eigenvalue weighted by Gasteiger charge is 2.31. The molecule has 1 saturated heterocycles. The van der Waals surface area contributed by atoms with Gasteiger partial charge < -0.3 is 10.2 Å². The van der Waals surface area contributed by atoms with Gasteiger partial charge in [0.25, 0.3) is 5.91 Å². The Morgan fingerprint density at radius 3 is 2.60 bits per heavy atom. The Morgan fingerprint density at radius 1 is 1.35 bits per heavy atom. The number of anilines is 1. The number of nitrogens with zero attached hydrogens (tertiary/aromatic N) is 4. The molecule has 112 valence electrons. The van der Waals surface area contributed by atoms with E-state index in [1.54, 1.807) is 0 Å². The molecule has 2 heterocycles. The maximum Gasteiger partial charge on any atom is 0.285 e. The zero-order valence-electron chi connectivity index (χ0n) is 12.6. The predicted octanol–water partition coefficient (Wildman–Crippen LogP) is 1.52. The molecule has 1 aliphatic rings. The second-order valence-electron chi connectivity index (χ2n) is 5.41. The number of hydrogen-bond donors (Lipinski definition) is 1. The van der Waals surface area contributed by atoms with E-state index < -0.39 is 0 Å². The topological polar surface area (TPSA) is 61.4 Å². The molecule has 1 N–H and O–H groups in total. The Hall–Kier alpha value is -1.21. The van der Waals surface area contributed by atoms with Gasteiger partial charge in [0.2, 0.25) is 10.1 Å². The van der Waals surface area contributed by atoms with Gasteiger partial charge in [0, 0.05) is 31.7 Å². The second-order valence-corrected chi connectivity index (χ2v) is 6.39. The van der Waals surface area contributed by atoms with Crippen LogP contribution < -0.4 is 5.32 Å². The van der Waals surface area contributed by atoms with Crippen molar-refractivity contribution in [3.63, 3.8) is 0 Å². The average molecular weight is 297 g/mol. The van der Waals surface area contributed by atoms with Crippen LogP contribution in [0.5, 0.6) is 0 Å². The smallest absolute Gasteiger partial charge is 0.285 e. The predicted molar refractivity (Wildman–Crippen MR) is 81.3 cm³/mol. The number of piperazine rings is 1. The minimum Gasteiger partial charge on any atom is -0.360 e. The summed E-state index contributed by atoms with van der Waals surface area (Å²) in [6.07, 6.45) is 1.02. The van der Waals surface area contributed by atoms with E-state index in [-0.39, 0.29) is 5.91 Å². The molecular formula is C13H23N5OS. The van der Waals surface area contributed by atoms with Crippen LogP contribution in [0.1, 0.15) is 37.0 Å². The lowest BCUT2D eigenvalue weighted by molar-refractivity contribution is 0.0413. The SMILES string of the molecule is CCCNc1nnc(C(=O)N2CC(C)N(C)C(C)C2)s1. The fraction of sp³-hybridized carbons (Fsp3) is 0.769. The molecule has 1 fully saturated rings. The van der Waals surface area contributed by atoms with Crippen LogP contribution in [-0.4, -0.2) is 64.7 Å². The molecule has 2 atom stereocenters. The normalized spacial score (nSPS) is 23.9. The molecule has 0 spiro atoms. The van der Waals surface area contributed by atoms with Crippen molar-refractivity contribution in [2.75, 3.05) is 32.0 Å². The van der Waals surface area contributed by atoms with Crippen LogP contribution >= 0.6 is 11.3 Å². The number of likely N-dealkylation sites (N-methyl/N-ethyl adjacent to an activating group) is 1. The monoisotopic (exact) mass is 297 g/mol. The fourth-order valence-corrected chi connectivity index (χ4v) is 3.06. The zero-order chi connectivity index (χ0) is 14.7. The molecule has 0 saturated carbocycles. The van der Waals surface area contributed by atoms with Crippen LogP contribution in [0.4, 0.5) is 5.13 Å². The molecule has 0 aliphatic carbocycles. The molecule has 0 radical (unpaired) electrons. The minimum atomic E-state index is -0.00107. The largest absolute Gasteiger partial charge is 0.360 e. The first-order valence-corrected chi connectivity index (χ1v) is 7.93. The van der Waals surface area contributed by atoms with Gasteiger partial charge in [0.1, 0.15) is 0 Å². The van der Waals surface area contributed by atoms with E-state index in [9.17, 15) is 4.79 Å². The van der Waals surface area contributed by atoms with E-state index in [2.05, 4.69) is 48.2 Å². The molecule has 6 nitrogen and oxygen atoms in total. The summed E-state index contributed by atoms with van der Waals surface area (Å²) in [5.41, 5.74) is 0. The van der Waals surface area contributed by atoms with E-state index >= 15 is 0 Å². The third-order valence-corrected chi connectivity index (χ3v) is 4.65. The van der Waals surface area contributed by atoms with Crippen LogP contribution in [0.15, 0.2) is 0 Å². The number of amides is 1. The number of nitrogens with one attached hydrogen (secondary N) is 1. The maximum absolute atomic E-state index is 12.5. The van der Waals surface area contributed by atoms with Gasteiger partial charge in [-0.1, -0.05) is 18.3 Å². The molecule has 1 aliphatic heterocycles. The minimum absolute atomic E-state index is 0.00107. The highest BCUT2D eigenvalue weighted by atomic mass is 32.1.